The van der Waals surface area contributed by atoms with Crippen LogP contribution in [0.2, 0.25) is 0 Å². The van der Waals surface area contributed by atoms with Gasteiger partial charge in [0, 0.05) is 5.56 Å². The number of nitriles is 1. The van der Waals surface area contributed by atoms with E-state index in [1.807, 2.05) is 0 Å². The molecule has 1 aliphatic heterocycles. The van der Waals surface area contributed by atoms with Gasteiger partial charge in [0.2, 0.25) is 6.79 Å². The van der Waals surface area contributed by atoms with Crippen LogP contribution in [0.3, 0.4) is 0 Å². The van der Waals surface area contributed by atoms with E-state index in [2.05, 4.69) is 0 Å². The quantitative estimate of drug-likeness (QED) is 0.598. The van der Waals surface area contributed by atoms with Crippen LogP contribution in [-0.2, 0) is 4.79 Å². The van der Waals surface area contributed by atoms with Gasteiger partial charge < -0.3 is 14.6 Å². The third-order valence-electron chi connectivity index (χ3n) is 2.08. The second kappa shape index (κ2) is 3.95. The normalized spacial score (nSPS) is 13.3. The highest BCUT2D eigenvalue weighted by molar-refractivity contribution is 5.97. The van der Waals surface area contributed by atoms with Crippen molar-refractivity contribution in [3.8, 4) is 17.6 Å². The molecule has 1 aromatic carbocycles. The highest BCUT2D eigenvalue weighted by Crippen LogP contribution is 2.36. The van der Waals surface area contributed by atoms with Crippen molar-refractivity contribution in [1.82, 2.24) is 0 Å². The Hall–Kier alpha value is -2.48. The van der Waals surface area contributed by atoms with Crippen molar-refractivity contribution < 1.29 is 19.4 Å². The highest BCUT2D eigenvalue weighted by atomic mass is 16.7. The summed E-state index contributed by atoms with van der Waals surface area (Å²) >= 11 is 0. The second-order valence-corrected chi connectivity index (χ2v) is 3.06. The van der Waals surface area contributed by atoms with Gasteiger partial charge in [-0.2, -0.15) is 5.26 Å². The van der Waals surface area contributed by atoms with Crippen LogP contribution in [0.15, 0.2) is 23.8 Å². The molecular formula is C11H7NO4. The zero-order valence-corrected chi connectivity index (χ0v) is 8.14. The maximum Gasteiger partial charge on any atom is 0.346 e. The van der Waals surface area contributed by atoms with Crippen LogP contribution in [0.1, 0.15) is 5.56 Å². The lowest BCUT2D eigenvalue weighted by Crippen LogP contribution is -1.98. The molecule has 5 heteroatoms. The van der Waals surface area contributed by atoms with Gasteiger partial charge in [-0.25, -0.2) is 4.79 Å². The maximum atomic E-state index is 10.7. The number of rotatable bonds is 2. The molecule has 1 aliphatic rings. The summed E-state index contributed by atoms with van der Waals surface area (Å²) in [5.41, 5.74) is 0.179. The second-order valence-electron chi connectivity index (χ2n) is 3.06. The van der Waals surface area contributed by atoms with Crippen LogP contribution >= 0.6 is 0 Å². The number of carboxylic acid groups (broad SMARTS) is 1. The Morgan fingerprint density at radius 2 is 2.31 bits per heavy atom. The van der Waals surface area contributed by atoms with E-state index < -0.39 is 5.97 Å². The number of fused-ring (bicyclic) bond motifs is 1. The van der Waals surface area contributed by atoms with Gasteiger partial charge in [0.1, 0.15) is 11.6 Å². The van der Waals surface area contributed by atoms with Crippen molar-refractivity contribution in [2.24, 2.45) is 0 Å². The van der Waals surface area contributed by atoms with Gasteiger partial charge in [-0.05, 0) is 12.1 Å². The van der Waals surface area contributed by atoms with Crippen LogP contribution in [0, 0.1) is 11.3 Å². The molecule has 1 aromatic rings. The van der Waals surface area contributed by atoms with E-state index in [4.69, 9.17) is 19.8 Å². The summed E-state index contributed by atoms with van der Waals surface area (Å²) in [6, 6.07) is 6.69. The molecule has 1 heterocycles. The van der Waals surface area contributed by atoms with E-state index in [1.165, 1.54) is 6.08 Å². The number of benzene rings is 1. The summed E-state index contributed by atoms with van der Waals surface area (Å²) in [7, 11) is 0. The Morgan fingerprint density at radius 1 is 1.50 bits per heavy atom. The first-order valence-electron chi connectivity index (χ1n) is 4.46. The fourth-order valence-electron chi connectivity index (χ4n) is 1.36. The third-order valence-corrected chi connectivity index (χ3v) is 2.08. The number of hydrogen-bond acceptors (Lipinski definition) is 4. The molecule has 0 unspecified atom stereocenters. The minimum absolute atomic E-state index is 0.106. The number of para-hydroxylation sites is 1. The maximum absolute atomic E-state index is 10.7. The average Bonchev–Trinajstić information content (AvgIpc) is 2.73. The molecule has 80 valence electrons. The smallest absolute Gasteiger partial charge is 0.346 e. The predicted molar refractivity (Wildman–Crippen MR) is 53.8 cm³/mol. The number of nitrogens with zero attached hydrogens (tertiary/aromatic N) is 1. The number of hydrogen-bond donors (Lipinski definition) is 1. The molecule has 2 rings (SSSR count). The lowest BCUT2D eigenvalue weighted by Gasteiger charge is -2.00. The first-order chi connectivity index (χ1) is 7.72. The van der Waals surface area contributed by atoms with E-state index >= 15 is 0 Å². The molecule has 0 bridgehead atoms. The van der Waals surface area contributed by atoms with E-state index in [9.17, 15) is 4.79 Å². The van der Waals surface area contributed by atoms with Crippen molar-refractivity contribution in [3.05, 3.63) is 29.3 Å². The summed E-state index contributed by atoms with van der Waals surface area (Å²) in [6.07, 6.45) is 1.26. The van der Waals surface area contributed by atoms with E-state index in [1.54, 1.807) is 24.3 Å². The Labute approximate surface area is 91.1 Å². The lowest BCUT2D eigenvalue weighted by molar-refractivity contribution is -0.132. The van der Waals surface area contributed by atoms with Crippen LogP contribution in [0.25, 0.3) is 6.08 Å². The Morgan fingerprint density at radius 3 is 3.00 bits per heavy atom. The average molecular weight is 217 g/mol. The molecule has 0 spiro atoms. The van der Waals surface area contributed by atoms with Gasteiger partial charge in [-0.1, -0.05) is 12.1 Å². The van der Waals surface area contributed by atoms with Gasteiger partial charge >= 0.3 is 5.97 Å². The first kappa shape index (κ1) is 10.1. The SMILES string of the molecule is N#CC(=Cc1cccc2c1OCO2)C(=O)O. The molecule has 5 nitrogen and oxygen atoms in total. The summed E-state index contributed by atoms with van der Waals surface area (Å²) in [5, 5.41) is 17.4. The molecule has 0 aromatic heterocycles. The molecule has 0 aliphatic carbocycles. The zero-order chi connectivity index (χ0) is 11.5. The Balaban J connectivity index is 2.47. The molecular weight excluding hydrogens is 210 g/mol. The molecule has 0 radical (unpaired) electrons. The van der Waals surface area contributed by atoms with Crippen molar-refractivity contribution in [2.45, 2.75) is 0 Å². The van der Waals surface area contributed by atoms with E-state index in [0.29, 0.717) is 17.1 Å². The summed E-state index contributed by atoms with van der Waals surface area (Å²) in [4.78, 5) is 10.7. The van der Waals surface area contributed by atoms with Crippen LogP contribution in [0.4, 0.5) is 0 Å². The summed E-state index contributed by atoms with van der Waals surface area (Å²) in [6.45, 7) is 0.106. The molecule has 0 saturated carbocycles. The fraction of sp³-hybridized carbons (Fsp3) is 0.0909. The van der Waals surface area contributed by atoms with Gasteiger partial charge in [-0.15, -0.1) is 0 Å². The molecule has 16 heavy (non-hydrogen) atoms. The number of carboxylic acids is 1. The standard InChI is InChI=1S/C11H7NO4/c12-5-8(11(13)14)4-7-2-1-3-9-10(7)16-6-15-9/h1-4H,6H2,(H,13,14). The fourth-order valence-corrected chi connectivity index (χ4v) is 1.36. The summed E-state index contributed by atoms with van der Waals surface area (Å²) in [5.74, 6) is -0.244. The first-order valence-corrected chi connectivity index (χ1v) is 4.46. The monoisotopic (exact) mass is 217 g/mol. The molecule has 0 atom stereocenters. The van der Waals surface area contributed by atoms with Crippen LogP contribution < -0.4 is 9.47 Å². The van der Waals surface area contributed by atoms with Crippen molar-refractivity contribution in [1.29, 1.82) is 5.26 Å². The molecule has 0 amide bonds. The van der Waals surface area contributed by atoms with E-state index in [-0.39, 0.29) is 12.4 Å². The minimum atomic E-state index is -1.26. The van der Waals surface area contributed by atoms with Crippen LogP contribution in [-0.4, -0.2) is 17.9 Å². The van der Waals surface area contributed by atoms with Gasteiger partial charge in [0.25, 0.3) is 0 Å². The largest absolute Gasteiger partial charge is 0.477 e. The van der Waals surface area contributed by atoms with E-state index in [0.717, 1.165) is 0 Å². The zero-order valence-electron chi connectivity index (χ0n) is 8.14. The Kier molecular flexibility index (Phi) is 2.48. The number of ether oxygens (including phenoxy) is 2. The van der Waals surface area contributed by atoms with Gasteiger partial charge in [-0.3, -0.25) is 0 Å². The van der Waals surface area contributed by atoms with Crippen molar-refractivity contribution in [3.63, 3.8) is 0 Å². The van der Waals surface area contributed by atoms with Gasteiger partial charge in [0.05, 0.1) is 0 Å². The summed E-state index contributed by atoms with van der Waals surface area (Å²) < 4.78 is 10.3. The molecule has 0 fully saturated rings. The molecule has 0 saturated heterocycles. The predicted octanol–water partition coefficient (Wildman–Crippen LogP) is 1.41. The molecule has 1 N–H and O–H groups in total. The number of aliphatic carboxylic acids is 1. The highest BCUT2D eigenvalue weighted by Gasteiger charge is 2.17. The van der Waals surface area contributed by atoms with Gasteiger partial charge in [0.15, 0.2) is 11.5 Å². The number of carbonyl (C=O) groups is 1. The van der Waals surface area contributed by atoms with Crippen molar-refractivity contribution >= 4 is 12.0 Å². The lowest BCUT2D eigenvalue weighted by atomic mass is 10.1. The van der Waals surface area contributed by atoms with Crippen molar-refractivity contribution in [2.75, 3.05) is 6.79 Å². The van der Waals surface area contributed by atoms with Crippen LogP contribution in [0.5, 0.6) is 11.5 Å². The third kappa shape index (κ3) is 1.68. The Bertz CT molecular complexity index is 513. The topological polar surface area (TPSA) is 79.5 Å². The minimum Gasteiger partial charge on any atom is -0.477 e.